The van der Waals surface area contributed by atoms with Gasteiger partial charge in [0.2, 0.25) is 0 Å². The summed E-state index contributed by atoms with van der Waals surface area (Å²) in [6.45, 7) is 0. The van der Waals surface area contributed by atoms with Gasteiger partial charge in [-0.1, -0.05) is 84.4 Å². The molecular weight excluding hydrogens is 550 g/mol. The largest absolute Gasteiger partial charge is 0.497 e. The zero-order valence-corrected chi connectivity index (χ0v) is 23.7. The van der Waals surface area contributed by atoms with Crippen molar-refractivity contribution in [2.45, 2.75) is 18.0 Å². The lowest BCUT2D eigenvalue weighted by Crippen LogP contribution is -2.48. The van der Waals surface area contributed by atoms with Crippen molar-refractivity contribution in [3.63, 3.8) is 0 Å². The summed E-state index contributed by atoms with van der Waals surface area (Å²) >= 11 is 6.38. The number of carbonyl (C=O) groups excluding carboxylic acids is 3. The van der Waals surface area contributed by atoms with Crippen LogP contribution < -0.4 is 14.4 Å². The molecule has 0 aromatic heterocycles. The molecule has 7 rings (SSSR count). The predicted molar refractivity (Wildman–Crippen MR) is 161 cm³/mol. The van der Waals surface area contributed by atoms with Crippen LogP contribution in [0.5, 0.6) is 11.5 Å². The molecule has 4 aromatic rings. The van der Waals surface area contributed by atoms with Crippen LogP contribution in [-0.4, -0.2) is 43.7 Å². The van der Waals surface area contributed by atoms with Gasteiger partial charge in [0, 0.05) is 44.9 Å². The summed E-state index contributed by atoms with van der Waals surface area (Å²) in [5, 5.41) is 0.547. The minimum absolute atomic E-state index is 0.201. The van der Waals surface area contributed by atoms with Crippen molar-refractivity contribution in [3.05, 3.63) is 130 Å². The zero-order chi connectivity index (χ0) is 29.2. The van der Waals surface area contributed by atoms with Gasteiger partial charge in [-0.25, -0.2) is 0 Å². The monoisotopic (exact) mass is 575 g/mol. The Labute approximate surface area is 248 Å². The van der Waals surface area contributed by atoms with Crippen LogP contribution in [0.25, 0.3) is 6.08 Å². The lowest BCUT2D eigenvalue weighted by molar-refractivity contribution is 0.0665. The van der Waals surface area contributed by atoms with Crippen LogP contribution in [0, 0.1) is 5.41 Å². The summed E-state index contributed by atoms with van der Waals surface area (Å²) in [6, 6.07) is 25.0. The first kappa shape index (κ1) is 26.2. The number of methoxy groups -OCH3 is 2. The minimum atomic E-state index is -1.63. The van der Waals surface area contributed by atoms with Gasteiger partial charge >= 0.3 is 0 Å². The van der Waals surface area contributed by atoms with E-state index in [4.69, 9.17) is 21.1 Å². The molecule has 0 amide bonds. The smallest absolute Gasteiger partial charge is 0.185 e. The maximum absolute atomic E-state index is 14.8. The average Bonchev–Trinajstić information content (AvgIpc) is 3.46. The summed E-state index contributed by atoms with van der Waals surface area (Å²) in [7, 11) is 3.09. The van der Waals surface area contributed by atoms with Gasteiger partial charge < -0.3 is 14.4 Å². The lowest BCUT2D eigenvalue weighted by atomic mass is 9.64. The van der Waals surface area contributed by atoms with Gasteiger partial charge in [0.15, 0.2) is 17.3 Å². The predicted octanol–water partition coefficient (Wildman–Crippen LogP) is 6.67. The molecule has 7 heteroatoms. The van der Waals surface area contributed by atoms with Crippen molar-refractivity contribution in [2.24, 2.45) is 5.41 Å². The minimum Gasteiger partial charge on any atom is -0.497 e. The third-order valence-corrected chi connectivity index (χ3v) is 9.10. The maximum atomic E-state index is 14.8. The van der Waals surface area contributed by atoms with Gasteiger partial charge in [-0.2, -0.15) is 0 Å². The van der Waals surface area contributed by atoms with Crippen molar-refractivity contribution >= 4 is 40.7 Å². The van der Waals surface area contributed by atoms with Crippen LogP contribution in [0.4, 0.5) is 5.69 Å². The van der Waals surface area contributed by atoms with Gasteiger partial charge in [0.25, 0.3) is 0 Å². The third-order valence-electron chi connectivity index (χ3n) is 8.87. The fraction of sp³-hybridized carbons (Fsp3) is 0.171. The molecule has 4 aromatic carbocycles. The molecule has 1 fully saturated rings. The number of nitrogens with zero attached hydrogens (tertiary/aromatic N) is 1. The Kier molecular flexibility index (Phi) is 6.06. The molecule has 2 aliphatic heterocycles. The van der Waals surface area contributed by atoms with E-state index < -0.39 is 23.4 Å². The van der Waals surface area contributed by atoms with Crippen LogP contribution >= 0.6 is 11.6 Å². The van der Waals surface area contributed by atoms with E-state index in [1.54, 1.807) is 61.7 Å². The van der Waals surface area contributed by atoms with Crippen molar-refractivity contribution < 1.29 is 23.9 Å². The SMILES string of the molecule is COc1ccc([C@@H]2[C@H](C(=O)c3ccccc3)N3c4ccc(Cl)cc4C=C[C@H]3C23C(=O)c2ccccc2C3=O)c(OC)c1. The van der Waals surface area contributed by atoms with Gasteiger partial charge in [-0.05, 0) is 29.8 Å². The number of rotatable bonds is 5. The molecule has 42 heavy (non-hydrogen) atoms. The summed E-state index contributed by atoms with van der Waals surface area (Å²) in [5.74, 6) is -0.708. The van der Waals surface area contributed by atoms with Crippen LogP contribution in [0.15, 0.2) is 97.1 Å². The van der Waals surface area contributed by atoms with E-state index >= 15 is 0 Å². The Balaban J connectivity index is 1.57. The average molecular weight is 576 g/mol. The first-order valence-corrected chi connectivity index (χ1v) is 14.1. The molecule has 3 aliphatic rings. The van der Waals surface area contributed by atoms with Gasteiger partial charge in [0.05, 0.1) is 20.3 Å². The second-order valence-electron chi connectivity index (χ2n) is 10.7. The molecule has 0 bridgehead atoms. The quantitative estimate of drug-likeness (QED) is 0.195. The van der Waals surface area contributed by atoms with Crippen LogP contribution in [-0.2, 0) is 0 Å². The highest BCUT2D eigenvalue weighted by Gasteiger charge is 2.72. The first-order chi connectivity index (χ1) is 20.4. The number of fused-ring (bicyclic) bond motifs is 5. The highest BCUT2D eigenvalue weighted by molar-refractivity contribution is 6.33. The molecule has 1 spiro atoms. The highest BCUT2D eigenvalue weighted by atomic mass is 35.5. The number of Topliss-reactive ketones (excluding diaryl/α,β-unsaturated/α-hetero) is 3. The molecule has 3 atom stereocenters. The Bertz CT molecular complexity index is 1780. The van der Waals surface area contributed by atoms with Gasteiger partial charge in [-0.3, -0.25) is 14.4 Å². The number of ketones is 3. The highest BCUT2D eigenvalue weighted by Crippen LogP contribution is 2.62. The zero-order valence-electron chi connectivity index (χ0n) is 22.9. The van der Waals surface area contributed by atoms with Gasteiger partial charge in [-0.15, -0.1) is 0 Å². The van der Waals surface area contributed by atoms with Crippen molar-refractivity contribution in [1.82, 2.24) is 0 Å². The third kappa shape index (κ3) is 3.48. The molecule has 2 heterocycles. The second kappa shape index (κ2) is 9.71. The summed E-state index contributed by atoms with van der Waals surface area (Å²) in [5.41, 5.74) is 1.70. The maximum Gasteiger partial charge on any atom is 0.185 e. The van der Waals surface area contributed by atoms with Crippen molar-refractivity contribution in [3.8, 4) is 11.5 Å². The number of hydrogen-bond acceptors (Lipinski definition) is 6. The standard InChI is InChI=1S/C35H26ClNO5/c1-41-23-14-15-26(28(19-23)42-2)30-31(32(38)20-8-4-3-5-9-20)37-27-16-13-22(36)18-21(27)12-17-29(37)35(30)33(39)24-10-6-7-11-25(24)34(35)40/h3-19,29-31H,1-2H3/t29-,30+,31+/m0/s1. The Morgan fingerprint density at radius 2 is 1.52 bits per heavy atom. The molecule has 0 radical (unpaired) electrons. The summed E-state index contributed by atoms with van der Waals surface area (Å²) in [6.07, 6.45) is 3.77. The molecule has 0 unspecified atom stereocenters. The van der Waals surface area contributed by atoms with Crippen LogP contribution in [0.3, 0.4) is 0 Å². The van der Waals surface area contributed by atoms with Crippen LogP contribution in [0.1, 0.15) is 48.1 Å². The normalized spacial score (nSPS) is 21.2. The number of ether oxygens (including phenoxy) is 2. The van der Waals surface area contributed by atoms with Gasteiger partial charge in [0.1, 0.15) is 23.0 Å². The lowest BCUT2D eigenvalue weighted by Gasteiger charge is -2.37. The molecule has 0 saturated carbocycles. The summed E-state index contributed by atoms with van der Waals surface area (Å²) in [4.78, 5) is 46.3. The number of benzene rings is 4. The molecular formula is C35H26ClNO5. The Hall–Kier alpha value is -4.68. The number of halogens is 1. The van der Waals surface area contributed by atoms with E-state index in [9.17, 15) is 14.4 Å². The molecule has 0 N–H and O–H groups in total. The molecule has 6 nitrogen and oxygen atoms in total. The number of anilines is 1. The van der Waals surface area contributed by atoms with Crippen molar-refractivity contribution in [1.29, 1.82) is 0 Å². The fourth-order valence-electron chi connectivity index (χ4n) is 7.14. The van der Waals surface area contributed by atoms with E-state index in [0.29, 0.717) is 38.8 Å². The molecule has 208 valence electrons. The second-order valence-corrected chi connectivity index (χ2v) is 11.2. The van der Waals surface area contributed by atoms with E-state index in [2.05, 4.69) is 0 Å². The summed E-state index contributed by atoms with van der Waals surface area (Å²) < 4.78 is 11.3. The Morgan fingerprint density at radius 1 is 0.833 bits per heavy atom. The molecule has 1 aliphatic carbocycles. The van der Waals surface area contributed by atoms with E-state index in [1.165, 1.54) is 7.11 Å². The number of carbonyl (C=O) groups is 3. The van der Waals surface area contributed by atoms with E-state index in [1.807, 2.05) is 53.5 Å². The van der Waals surface area contributed by atoms with E-state index in [0.717, 1.165) is 11.3 Å². The van der Waals surface area contributed by atoms with Crippen molar-refractivity contribution in [2.75, 3.05) is 19.1 Å². The van der Waals surface area contributed by atoms with Crippen LogP contribution in [0.2, 0.25) is 5.02 Å². The Morgan fingerprint density at radius 3 is 2.19 bits per heavy atom. The fourth-order valence-corrected chi connectivity index (χ4v) is 7.32. The number of hydrogen-bond donors (Lipinski definition) is 0. The topological polar surface area (TPSA) is 72.9 Å². The molecule has 1 saturated heterocycles. The first-order valence-electron chi connectivity index (χ1n) is 13.7. The van der Waals surface area contributed by atoms with E-state index in [-0.39, 0.29) is 17.3 Å².